The Balaban J connectivity index is 1.31. The molecule has 1 aromatic heterocycles. The van der Waals surface area contributed by atoms with E-state index in [0.717, 1.165) is 66.3 Å². The molecule has 3 atom stereocenters. The van der Waals surface area contributed by atoms with Gasteiger partial charge in [-0.25, -0.2) is 0 Å². The number of fused-ring (bicyclic) bond motifs is 2. The van der Waals surface area contributed by atoms with Gasteiger partial charge in [0, 0.05) is 23.8 Å². The summed E-state index contributed by atoms with van der Waals surface area (Å²) in [6.07, 6.45) is 8.14. The Bertz CT molecular complexity index is 1640. The van der Waals surface area contributed by atoms with E-state index in [-0.39, 0.29) is 30.0 Å². The predicted molar refractivity (Wildman–Crippen MR) is 167 cm³/mol. The number of nitriles is 1. The number of nitrogens with two attached hydrogens (primary N) is 2. The van der Waals surface area contributed by atoms with E-state index in [9.17, 15) is 14.9 Å². The van der Waals surface area contributed by atoms with Crippen molar-refractivity contribution in [1.82, 2.24) is 30.8 Å². The van der Waals surface area contributed by atoms with Gasteiger partial charge in [-0.2, -0.15) is 10.5 Å². The Morgan fingerprint density at radius 3 is 2.36 bits per heavy atom. The second-order valence-electron chi connectivity index (χ2n) is 13.5. The van der Waals surface area contributed by atoms with Crippen LogP contribution in [-0.4, -0.2) is 62.5 Å². The summed E-state index contributed by atoms with van der Waals surface area (Å²) in [6, 6.07) is 13.8. The zero-order valence-electron chi connectivity index (χ0n) is 25.4. The highest BCUT2D eigenvalue weighted by Crippen LogP contribution is 2.55. The van der Waals surface area contributed by atoms with Crippen LogP contribution in [0.25, 0.3) is 5.70 Å². The lowest BCUT2D eigenvalue weighted by molar-refractivity contribution is -0.130. The molecule has 232 valence electrons. The summed E-state index contributed by atoms with van der Waals surface area (Å²) in [6.45, 7) is 4.79. The highest BCUT2D eigenvalue weighted by Gasteiger charge is 2.53. The quantitative estimate of drug-likeness (QED) is 0.287. The van der Waals surface area contributed by atoms with Crippen molar-refractivity contribution in [2.24, 2.45) is 22.8 Å². The zero-order chi connectivity index (χ0) is 31.3. The molecule has 2 saturated carbocycles. The Labute approximate surface area is 262 Å². The average Bonchev–Trinajstić information content (AvgIpc) is 3.39. The first kappa shape index (κ1) is 29.2. The first-order valence-electron chi connectivity index (χ1n) is 15.9. The van der Waals surface area contributed by atoms with E-state index in [2.05, 4.69) is 50.7 Å². The van der Waals surface area contributed by atoms with Crippen LogP contribution in [0.1, 0.15) is 88.9 Å². The number of carbonyl (C=O) groups excluding carboxylic acids is 2. The van der Waals surface area contributed by atoms with Gasteiger partial charge in [0.15, 0.2) is 5.82 Å². The molecule has 2 amide bonds. The lowest BCUT2D eigenvalue weighted by Gasteiger charge is -2.42. The van der Waals surface area contributed by atoms with E-state index in [1.807, 2.05) is 18.2 Å². The summed E-state index contributed by atoms with van der Waals surface area (Å²) < 4.78 is 0. The second-order valence-corrected chi connectivity index (χ2v) is 13.5. The molecular weight excluding hydrogens is 566 g/mol. The summed E-state index contributed by atoms with van der Waals surface area (Å²) >= 11 is 0. The lowest BCUT2D eigenvalue weighted by Crippen LogP contribution is -2.50. The molecule has 3 aliphatic carbocycles. The van der Waals surface area contributed by atoms with Gasteiger partial charge in [0.1, 0.15) is 6.04 Å². The molecule has 3 aromatic rings. The molecule has 11 heteroatoms. The van der Waals surface area contributed by atoms with Crippen molar-refractivity contribution in [2.75, 3.05) is 13.1 Å². The maximum absolute atomic E-state index is 13.6. The first-order valence-corrected chi connectivity index (χ1v) is 15.9. The molecule has 0 bridgehead atoms. The number of aryl methyl sites for hydroxylation is 2. The number of aromatic nitrogens is 4. The number of aromatic amines is 1. The summed E-state index contributed by atoms with van der Waals surface area (Å²) in [4.78, 5) is 27.7. The summed E-state index contributed by atoms with van der Waals surface area (Å²) in [5.74, 6) is 0.367. The number of carbonyl (C=O) groups is 2. The van der Waals surface area contributed by atoms with Crippen molar-refractivity contribution in [2.45, 2.75) is 75.3 Å². The fourth-order valence-corrected chi connectivity index (χ4v) is 7.97. The van der Waals surface area contributed by atoms with Crippen LogP contribution in [-0.2, 0) is 23.1 Å². The average molecular weight is 606 g/mol. The molecule has 45 heavy (non-hydrogen) atoms. The minimum Gasteiger partial charge on any atom is -0.399 e. The Kier molecular flexibility index (Phi) is 7.20. The van der Waals surface area contributed by atoms with E-state index in [0.29, 0.717) is 48.8 Å². The molecule has 2 heterocycles. The number of nitrogens with zero attached hydrogens (tertiary/aromatic N) is 5. The SMILES string of the molecule is C=C(N)c1ccc2c(c1)CCc1cc(C(N)=O)ccc1C2(C[C@H](NCC(=O)N1CC2(CC2)CC1C#N)C1CCC1)c1nn[nH]n1. The van der Waals surface area contributed by atoms with Crippen LogP contribution in [0.15, 0.2) is 43.0 Å². The molecule has 7 rings (SSSR count). The number of hydrogen-bond donors (Lipinski definition) is 4. The minimum absolute atomic E-state index is 0.0258. The number of nitrogens with one attached hydrogen (secondary N) is 2. The Morgan fingerprint density at radius 2 is 1.80 bits per heavy atom. The van der Waals surface area contributed by atoms with E-state index in [4.69, 9.17) is 11.5 Å². The molecule has 1 aliphatic heterocycles. The highest BCUT2D eigenvalue weighted by atomic mass is 16.2. The minimum atomic E-state index is -0.851. The molecule has 4 aliphatic rings. The lowest BCUT2D eigenvalue weighted by atomic mass is 9.64. The molecule has 1 saturated heterocycles. The third kappa shape index (κ3) is 5.07. The van der Waals surface area contributed by atoms with Gasteiger partial charge in [-0.05, 0) is 109 Å². The van der Waals surface area contributed by atoms with Gasteiger partial charge < -0.3 is 21.7 Å². The fourth-order valence-electron chi connectivity index (χ4n) is 7.97. The number of rotatable bonds is 9. The maximum atomic E-state index is 13.6. The van der Waals surface area contributed by atoms with Crippen molar-refractivity contribution in [1.29, 1.82) is 5.26 Å². The third-order valence-electron chi connectivity index (χ3n) is 10.9. The summed E-state index contributed by atoms with van der Waals surface area (Å²) in [7, 11) is 0. The first-order chi connectivity index (χ1) is 21.7. The van der Waals surface area contributed by atoms with Gasteiger partial charge in [0.25, 0.3) is 0 Å². The molecule has 11 nitrogen and oxygen atoms in total. The van der Waals surface area contributed by atoms with Crippen LogP contribution in [0.2, 0.25) is 0 Å². The maximum Gasteiger partial charge on any atom is 0.248 e. The van der Waals surface area contributed by atoms with Crippen molar-refractivity contribution < 1.29 is 9.59 Å². The number of benzene rings is 2. The van der Waals surface area contributed by atoms with Gasteiger partial charge in [0.2, 0.25) is 11.8 Å². The number of tetrazole rings is 1. The number of primary amides is 1. The highest BCUT2D eigenvalue weighted by molar-refractivity contribution is 5.93. The van der Waals surface area contributed by atoms with Crippen LogP contribution < -0.4 is 16.8 Å². The summed E-state index contributed by atoms with van der Waals surface area (Å²) in [5.41, 5.74) is 17.1. The number of amides is 2. The fraction of sp³-hybridized carbons (Fsp3) is 0.471. The molecule has 0 radical (unpaired) electrons. The van der Waals surface area contributed by atoms with Crippen molar-refractivity contribution in [3.8, 4) is 6.07 Å². The van der Waals surface area contributed by atoms with Gasteiger partial charge in [0.05, 0.1) is 18.0 Å². The molecule has 2 aromatic carbocycles. The van der Waals surface area contributed by atoms with Gasteiger partial charge in [-0.3, -0.25) is 9.59 Å². The molecule has 1 spiro atoms. The summed E-state index contributed by atoms with van der Waals surface area (Å²) in [5, 5.41) is 29.4. The topological polar surface area (TPSA) is 180 Å². The number of hydrogen-bond acceptors (Lipinski definition) is 8. The van der Waals surface area contributed by atoms with Crippen molar-refractivity contribution in [3.05, 3.63) is 82.2 Å². The smallest absolute Gasteiger partial charge is 0.248 e. The van der Waals surface area contributed by atoms with Crippen molar-refractivity contribution in [3.63, 3.8) is 0 Å². The molecule has 6 N–H and O–H groups in total. The van der Waals surface area contributed by atoms with E-state index in [1.165, 1.54) is 0 Å². The van der Waals surface area contributed by atoms with Crippen molar-refractivity contribution >= 4 is 17.5 Å². The standard InChI is InChI=1S/C34H39N9O2/c1-20(36)22-7-9-27-23(13-22)5-6-24-14-25(31(37)45)8-10-28(24)34(27,32-39-41-42-40-32)16-29(21-3-2-4-21)38-18-30(44)43-19-33(11-12-33)15-26(43)17-35/h7-10,13-14,21,26,29,38H,1-6,11-12,15-16,18-19,36H2,(H2,37,45)(H,39,40,41,42)/t26?,29-,34?/m0/s1. The van der Waals surface area contributed by atoms with Crippen LogP contribution in [0.4, 0.5) is 0 Å². The van der Waals surface area contributed by atoms with E-state index in [1.54, 1.807) is 11.0 Å². The van der Waals surface area contributed by atoms with E-state index >= 15 is 0 Å². The zero-order valence-corrected chi connectivity index (χ0v) is 25.4. The van der Waals surface area contributed by atoms with Gasteiger partial charge in [-0.1, -0.05) is 36.4 Å². The number of H-pyrrole nitrogens is 1. The van der Waals surface area contributed by atoms with Crippen LogP contribution >= 0.6 is 0 Å². The number of likely N-dealkylation sites (tertiary alicyclic amines) is 1. The normalized spacial score (nSPS) is 23.7. The van der Waals surface area contributed by atoms with Gasteiger partial charge in [-0.15, -0.1) is 10.2 Å². The van der Waals surface area contributed by atoms with Gasteiger partial charge >= 0.3 is 0 Å². The van der Waals surface area contributed by atoms with E-state index < -0.39 is 11.3 Å². The predicted octanol–water partition coefficient (Wildman–Crippen LogP) is 2.71. The largest absolute Gasteiger partial charge is 0.399 e. The molecule has 2 unspecified atom stereocenters. The monoisotopic (exact) mass is 605 g/mol. The molecular formula is C34H39N9O2. The molecule has 3 fully saturated rings. The third-order valence-corrected chi connectivity index (χ3v) is 10.9. The van der Waals surface area contributed by atoms with Crippen LogP contribution in [0.5, 0.6) is 0 Å². The Hall–Kier alpha value is -4.56. The van der Waals surface area contributed by atoms with Crippen LogP contribution in [0.3, 0.4) is 0 Å². The van der Waals surface area contributed by atoms with Crippen LogP contribution in [0, 0.1) is 22.7 Å². The second kappa shape index (κ2) is 11.1. The Morgan fingerprint density at radius 1 is 1.11 bits per heavy atom.